The van der Waals surface area contributed by atoms with Gasteiger partial charge in [-0.1, -0.05) is 18.2 Å². The Balaban J connectivity index is 1.33. The minimum absolute atomic E-state index is 0.154. The van der Waals surface area contributed by atoms with Crippen LogP contribution in [0.2, 0.25) is 0 Å². The number of amides is 2. The number of nitrogens with zero attached hydrogens (tertiary/aromatic N) is 3. The van der Waals surface area contributed by atoms with Gasteiger partial charge in [-0.05, 0) is 77.2 Å². The van der Waals surface area contributed by atoms with Crippen LogP contribution in [0.5, 0.6) is 0 Å². The molecule has 0 unspecified atom stereocenters. The van der Waals surface area contributed by atoms with E-state index in [0.29, 0.717) is 23.1 Å². The highest BCUT2D eigenvalue weighted by molar-refractivity contribution is 6.08. The molecule has 3 aromatic rings. The Labute approximate surface area is 224 Å². The molecule has 0 bridgehead atoms. The average molecular weight is 518 g/mol. The Morgan fingerprint density at radius 2 is 1.79 bits per heavy atom. The number of aryl methyl sites for hydroxylation is 2. The molecule has 2 N–H and O–H groups in total. The monoisotopic (exact) mass is 517 g/mol. The van der Waals surface area contributed by atoms with Crippen LogP contribution in [0.4, 0.5) is 0 Å². The van der Waals surface area contributed by atoms with Crippen molar-refractivity contribution < 1.29 is 9.59 Å². The molecule has 2 aliphatic rings. The van der Waals surface area contributed by atoms with E-state index < -0.39 is 0 Å². The van der Waals surface area contributed by atoms with Crippen molar-refractivity contribution in [2.45, 2.75) is 66.1 Å². The highest BCUT2D eigenvalue weighted by Crippen LogP contribution is 2.36. The largest absolute Gasteiger partial charge is 0.348 e. The second-order valence-corrected chi connectivity index (χ2v) is 11.2. The standard InChI is InChI=1S/C30H39N5O3/c1-18-14-19(2)32-29(37)26(18)15-31-30(38)28-21(4)35(27-9-7-6-8-25(27)28)20(3)23-10-12-33(13-11-23)24-16-34(17-24)22(5)36/h6-9,14,20,23-24H,10-13,15-17H2,1-5H3,(H,31,38)(H,32,37)/t20-/m1/s1. The first-order valence-corrected chi connectivity index (χ1v) is 13.7. The maximum absolute atomic E-state index is 13.5. The van der Waals surface area contributed by atoms with E-state index >= 15 is 0 Å². The number of carbonyl (C=O) groups excluding carboxylic acids is 2. The SMILES string of the molecule is CC(=O)N1CC(N2CCC([C@@H](C)n3c(C)c(C(=O)NCc4c(C)cc(C)[nH]c4=O)c4ccccc43)CC2)C1. The molecule has 1 atom stereocenters. The first kappa shape index (κ1) is 26.2. The van der Waals surface area contributed by atoms with E-state index in [9.17, 15) is 14.4 Å². The zero-order valence-corrected chi connectivity index (χ0v) is 23.1. The summed E-state index contributed by atoms with van der Waals surface area (Å²) in [5.74, 6) is 0.522. The Morgan fingerprint density at radius 3 is 2.45 bits per heavy atom. The molecule has 0 radical (unpaired) electrons. The molecule has 0 aliphatic carbocycles. The molecular weight excluding hydrogens is 478 g/mol. The number of pyridine rings is 1. The predicted molar refractivity (Wildman–Crippen MR) is 149 cm³/mol. The molecule has 0 spiro atoms. The molecule has 2 saturated heterocycles. The van der Waals surface area contributed by atoms with Gasteiger partial charge in [0.2, 0.25) is 5.91 Å². The normalized spacial score (nSPS) is 18.0. The van der Waals surface area contributed by atoms with Crippen molar-refractivity contribution in [2.24, 2.45) is 5.92 Å². The molecule has 0 saturated carbocycles. The zero-order valence-electron chi connectivity index (χ0n) is 23.1. The van der Waals surface area contributed by atoms with Crippen molar-refractivity contribution in [1.82, 2.24) is 24.7 Å². The van der Waals surface area contributed by atoms with Crippen LogP contribution in [0, 0.1) is 26.7 Å². The number of aromatic nitrogens is 2. The highest BCUT2D eigenvalue weighted by Gasteiger charge is 2.36. The van der Waals surface area contributed by atoms with E-state index in [1.165, 1.54) is 0 Å². The first-order chi connectivity index (χ1) is 18.2. The number of nitrogens with one attached hydrogen (secondary N) is 2. The number of aromatic amines is 1. The third kappa shape index (κ3) is 4.77. The van der Waals surface area contributed by atoms with Gasteiger partial charge in [-0.3, -0.25) is 19.3 Å². The van der Waals surface area contributed by atoms with Crippen LogP contribution in [0.3, 0.4) is 0 Å². The summed E-state index contributed by atoms with van der Waals surface area (Å²) in [5, 5.41) is 3.96. The van der Waals surface area contributed by atoms with E-state index in [1.54, 1.807) is 6.92 Å². The van der Waals surface area contributed by atoms with Gasteiger partial charge in [0.25, 0.3) is 11.5 Å². The van der Waals surface area contributed by atoms with Crippen molar-refractivity contribution in [3.63, 3.8) is 0 Å². The molecule has 2 amide bonds. The van der Waals surface area contributed by atoms with Gasteiger partial charge in [-0.15, -0.1) is 0 Å². The molecule has 1 aromatic carbocycles. The molecule has 2 aliphatic heterocycles. The number of carbonyl (C=O) groups is 2. The molecule has 4 heterocycles. The summed E-state index contributed by atoms with van der Waals surface area (Å²) in [6.45, 7) is 13.7. The third-order valence-electron chi connectivity index (χ3n) is 8.79. The highest BCUT2D eigenvalue weighted by atomic mass is 16.2. The lowest BCUT2D eigenvalue weighted by molar-refractivity contribution is -0.136. The van der Waals surface area contributed by atoms with Crippen LogP contribution in [0.1, 0.15) is 65.6 Å². The Bertz CT molecular complexity index is 1420. The molecular formula is C30H39N5O3. The van der Waals surface area contributed by atoms with Crippen LogP contribution in [0.15, 0.2) is 35.1 Å². The number of benzene rings is 1. The van der Waals surface area contributed by atoms with Crippen molar-refractivity contribution in [2.75, 3.05) is 26.2 Å². The molecule has 8 heteroatoms. The van der Waals surface area contributed by atoms with E-state index in [0.717, 1.165) is 66.9 Å². The molecule has 5 rings (SSSR count). The van der Waals surface area contributed by atoms with Gasteiger partial charge in [0, 0.05) is 66.5 Å². The Morgan fingerprint density at radius 1 is 1.11 bits per heavy atom. The van der Waals surface area contributed by atoms with Crippen LogP contribution in [0.25, 0.3) is 10.9 Å². The van der Waals surface area contributed by atoms with Crippen LogP contribution in [-0.2, 0) is 11.3 Å². The molecule has 8 nitrogen and oxygen atoms in total. The number of hydrogen-bond acceptors (Lipinski definition) is 4. The predicted octanol–water partition coefficient (Wildman–Crippen LogP) is 3.69. The van der Waals surface area contributed by atoms with Gasteiger partial charge in [0.05, 0.1) is 5.56 Å². The summed E-state index contributed by atoms with van der Waals surface area (Å²) in [7, 11) is 0. The summed E-state index contributed by atoms with van der Waals surface area (Å²) in [5.41, 5.74) is 4.84. The van der Waals surface area contributed by atoms with E-state index in [-0.39, 0.29) is 30.0 Å². The minimum Gasteiger partial charge on any atom is -0.348 e. The minimum atomic E-state index is -0.155. The third-order valence-corrected chi connectivity index (χ3v) is 8.79. The fourth-order valence-electron chi connectivity index (χ4n) is 6.48. The van der Waals surface area contributed by atoms with E-state index in [1.807, 2.05) is 49.9 Å². The maximum atomic E-state index is 13.5. The number of piperidine rings is 1. The van der Waals surface area contributed by atoms with Crippen molar-refractivity contribution in [3.05, 3.63) is 68.8 Å². The topological polar surface area (TPSA) is 90.4 Å². The van der Waals surface area contributed by atoms with Crippen molar-refractivity contribution in [3.8, 4) is 0 Å². The molecule has 38 heavy (non-hydrogen) atoms. The smallest absolute Gasteiger partial charge is 0.254 e. The summed E-state index contributed by atoms with van der Waals surface area (Å²) in [6, 6.07) is 10.8. The lowest BCUT2D eigenvalue weighted by Gasteiger charge is -2.48. The summed E-state index contributed by atoms with van der Waals surface area (Å²) >= 11 is 0. The maximum Gasteiger partial charge on any atom is 0.254 e. The average Bonchev–Trinajstić information content (AvgIpc) is 3.13. The van der Waals surface area contributed by atoms with Gasteiger partial charge < -0.3 is 19.8 Å². The van der Waals surface area contributed by atoms with Crippen LogP contribution in [-0.4, -0.2) is 63.4 Å². The Hall–Kier alpha value is -3.39. The summed E-state index contributed by atoms with van der Waals surface area (Å²) in [6.07, 6.45) is 2.20. The number of rotatable bonds is 6. The van der Waals surface area contributed by atoms with Gasteiger partial charge >= 0.3 is 0 Å². The lowest BCUT2D eigenvalue weighted by Crippen LogP contribution is -2.61. The van der Waals surface area contributed by atoms with Gasteiger partial charge in [0.15, 0.2) is 0 Å². The molecule has 202 valence electrons. The van der Waals surface area contributed by atoms with Crippen LogP contribution >= 0.6 is 0 Å². The number of fused-ring (bicyclic) bond motifs is 1. The van der Waals surface area contributed by atoms with Gasteiger partial charge in [-0.2, -0.15) is 0 Å². The lowest BCUT2D eigenvalue weighted by atomic mass is 9.88. The molecule has 2 fully saturated rings. The number of likely N-dealkylation sites (tertiary alicyclic amines) is 2. The molecule has 2 aromatic heterocycles. The van der Waals surface area contributed by atoms with Crippen molar-refractivity contribution in [1.29, 1.82) is 0 Å². The van der Waals surface area contributed by atoms with Crippen molar-refractivity contribution >= 4 is 22.7 Å². The number of H-pyrrole nitrogens is 1. The summed E-state index contributed by atoms with van der Waals surface area (Å²) in [4.78, 5) is 44.8. The fraction of sp³-hybridized carbons (Fsp3) is 0.500. The fourth-order valence-corrected chi connectivity index (χ4v) is 6.48. The van der Waals surface area contributed by atoms with Gasteiger partial charge in [0.1, 0.15) is 0 Å². The number of hydrogen-bond donors (Lipinski definition) is 2. The quantitative estimate of drug-likeness (QED) is 0.522. The Kier molecular flexibility index (Phi) is 7.18. The second-order valence-electron chi connectivity index (χ2n) is 11.2. The van der Waals surface area contributed by atoms with Gasteiger partial charge in [-0.25, -0.2) is 0 Å². The van der Waals surface area contributed by atoms with E-state index in [2.05, 4.69) is 32.8 Å². The second kappa shape index (κ2) is 10.4. The van der Waals surface area contributed by atoms with E-state index in [4.69, 9.17) is 0 Å². The number of para-hydroxylation sites is 1. The first-order valence-electron chi connectivity index (χ1n) is 13.7. The zero-order chi connectivity index (χ0) is 27.1. The van der Waals surface area contributed by atoms with Crippen LogP contribution < -0.4 is 10.9 Å². The summed E-state index contributed by atoms with van der Waals surface area (Å²) < 4.78 is 2.34.